The Morgan fingerprint density at radius 1 is 1.38 bits per heavy atom. The topological polar surface area (TPSA) is 78.7 Å². The van der Waals surface area contributed by atoms with Crippen molar-refractivity contribution in [1.29, 1.82) is 0 Å². The molecule has 2 aromatic heterocycles. The van der Waals surface area contributed by atoms with Crippen molar-refractivity contribution >= 4 is 17.4 Å². The van der Waals surface area contributed by atoms with Gasteiger partial charge in [-0.15, -0.1) is 0 Å². The molecule has 1 atom stereocenters. The van der Waals surface area contributed by atoms with Gasteiger partial charge < -0.3 is 9.72 Å². The van der Waals surface area contributed by atoms with Gasteiger partial charge in [-0.3, -0.25) is 10.0 Å². The fourth-order valence-electron chi connectivity index (χ4n) is 2.34. The molecule has 6 heteroatoms. The van der Waals surface area contributed by atoms with Crippen LogP contribution in [0.5, 0.6) is 0 Å². The second kappa shape index (κ2) is 5.37. The monoisotopic (exact) mass is 290 g/mol. The van der Waals surface area contributed by atoms with Crippen LogP contribution in [0.25, 0.3) is 5.65 Å². The Bertz CT molecular complexity index is 670. The van der Waals surface area contributed by atoms with Gasteiger partial charge in [0, 0.05) is 11.6 Å². The summed E-state index contributed by atoms with van der Waals surface area (Å²) in [7, 11) is 0. The molecule has 0 saturated carbocycles. The molecule has 114 valence electrons. The Hall–Kier alpha value is -2.08. The first-order valence-electron chi connectivity index (χ1n) is 6.93. The largest absolute Gasteiger partial charge is 0.357 e. The lowest BCUT2D eigenvalue weighted by Gasteiger charge is -2.22. The molecule has 3 N–H and O–H groups in total. The van der Waals surface area contributed by atoms with Crippen LogP contribution < -0.4 is 10.8 Å². The molecule has 0 aromatic carbocycles. The van der Waals surface area contributed by atoms with Gasteiger partial charge in [-0.05, 0) is 25.5 Å². The van der Waals surface area contributed by atoms with Crippen LogP contribution in [0.1, 0.15) is 39.0 Å². The van der Waals surface area contributed by atoms with E-state index in [4.69, 9.17) is 5.21 Å². The SMILES string of the molecule is Cc1ccc2nc(NC(C)C(=O)NO)c(C(C)(C)C)n2c1. The van der Waals surface area contributed by atoms with E-state index in [-0.39, 0.29) is 5.41 Å². The summed E-state index contributed by atoms with van der Waals surface area (Å²) in [4.78, 5) is 16.1. The Balaban J connectivity index is 2.55. The molecule has 0 aliphatic heterocycles. The standard InChI is InChI=1S/C15H22N4O2/c1-9-6-7-11-17-13(16-10(2)14(20)18-21)12(15(3,4)5)19(11)8-9/h6-8,10,16,21H,1-5H3,(H,18,20). The summed E-state index contributed by atoms with van der Waals surface area (Å²) in [5, 5.41) is 11.8. The number of aromatic nitrogens is 2. The summed E-state index contributed by atoms with van der Waals surface area (Å²) < 4.78 is 2.04. The van der Waals surface area contributed by atoms with Crippen LogP contribution in [-0.2, 0) is 10.2 Å². The molecule has 2 heterocycles. The lowest BCUT2D eigenvalue weighted by atomic mass is 9.91. The van der Waals surface area contributed by atoms with Crippen LogP contribution in [0.4, 0.5) is 5.82 Å². The molecule has 0 aliphatic rings. The van der Waals surface area contributed by atoms with Crippen LogP contribution in [0.15, 0.2) is 18.3 Å². The molecular weight excluding hydrogens is 268 g/mol. The van der Waals surface area contributed by atoms with E-state index in [1.807, 2.05) is 29.7 Å². The molecule has 21 heavy (non-hydrogen) atoms. The number of fused-ring (bicyclic) bond motifs is 1. The van der Waals surface area contributed by atoms with E-state index in [0.29, 0.717) is 5.82 Å². The predicted molar refractivity (Wildman–Crippen MR) is 81.6 cm³/mol. The maximum absolute atomic E-state index is 11.5. The minimum absolute atomic E-state index is 0.148. The minimum atomic E-state index is -0.581. The van der Waals surface area contributed by atoms with Crippen LogP contribution >= 0.6 is 0 Å². The van der Waals surface area contributed by atoms with Gasteiger partial charge in [0.2, 0.25) is 0 Å². The Morgan fingerprint density at radius 2 is 2.05 bits per heavy atom. The highest BCUT2D eigenvalue weighted by Gasteiger charge is 2.26. The fraction of sp³-hybridized carbons (Fsp3) is 0.467. The zero-order valence-corrected chi connectivity index (χ0v) is 13.1. The summed E-state index contributed by atoms with van der Waals surface area (Å²) >= 11 is 0. The molecule has 6 nitrogen and oxygen atoms in total. The fourth-order valence-corrected chi connectivity index (χ4v) is 2.34. The smallest absolute Gasteiger partial charge is 0.265 e. The van der Waals surface area contributed by atoms with Gasteiger partial charge in [-0.25, -0.2) is 10.5 Å². The number of nitrogens with zero attached hydrogens (tertiary/aromatic N) is 2. The summed E-state index contributed by atoms with van der Waals surface area (Å²) in [5.74, 6) is 0.160. The van der Waals surface area contributed by atoms with Crippen molar-refractivity contribution in [3.05, 3.63) is 29.6 Å². The van der Waals surface area contributed by atoms with E-state index < -0.39 is 11.9 Å². The highest BCUT2D eigenvalue weighted by molar-refractivity contribution is 5.83. The number of rotatable bonds is 3. The molecule has 2 rings (SSSR count). The number of carbonyl (C=O) groups excluding carboxylic acids is 1. The van der Waals surface area contributed by atoms with Gasteiger partial charge in [-0.2, -0.15) is 0 Å². The van der Waals surface area contributed by atoms with Gasteiger partial charge in [0.25, 0.3) is 5.91 Å². The maximum Gasteiger partial charge on any atom is 0.265 e. The third-order valence-corrected chi connectivity index (χ3v) is 3.33. The molecule has 0 spiro atoms. The Labute approximate surface area is 124 Å². The van der Waals surface area contributed by atoms with Crippen molar-refractivity contribution in [3.63, 3.8) is 0 Å². The number of hydrogen-bond acceptors (Lipinski definition) is 4. The van der Waals surface area contributed by atoms with E-state index in [0.717, 1.165) is 16.9 Å². The number of aryl methyl sites for hydroxylation is 1. The lowest BCUT2D eigenvalue weighted by molar-refractivity contribution is -0.129. The van der Waals surface area contributed by atoms with E-state index >= 15 is 0 Å². The molecule has 0 aliphatic carbocycles. The van der Waals surface area contributed by atoms with E-state index in [2.05, 4.69) is 31.1 Å². The number of amides is 1. The van der Waals surface area contributed by atoms with Gasteiger partial charge in [-0.1, -0.05) is 26.8 Å². The van der Waals surface area contributed by atoms with Gasteiger partial charge >= 0.3 is 0 Å². The molecular formula is C15H22N4O2. The first-order chi connectivity index (χ1) is 9.74. The highest BCUT2D eigenvalue weighted by atomic mass is 16.5. The first-order valence-corrected chi connectivity index (χ1v) is 6.93. The second-order valence-corrected chi connectivity index (χ2v) is 6.34. The number of hydroxylamine groups is 1. The van der Waals surface area contributed by atoms with Crippen LogP contribution in [0.2, 0.25) is 0 Å². The number of carbonyl (C=O) groups is 1. The lowest BCUT2D eigenvalue weighted by Crippen LogP contribution is -2.36. The summed E-state index contributed by atoms with van der Waals surface area (Å²) in [6.07, 6.45) is 2.03. The number of pyridine rings is 1. The quantitative estimate of drug-likeness (QED) is 0.598. The van der Waals surface area contributed by atoms with Crippen molar-refractivity contribution in [2.75, 3.05) is 5.32 Å². The number of nitrogens with one attached hydrogen (secondary N) is 2. The number of imidazole rings is 1. The normalized spacial score (nSPS) is 13.2. The van der Waals surface area contributed by atoms with Crippen molar-refractivity contribution in [2.24, 2.45) is 0 Å². The number of anilines is 1. The second-order valence-electron chi connectivity index (χ2n) is 6.34. The van der Waals surface area contributed by atoms with Crippen LogP contribution in [-0.4, -0.2) is 26.5 Å². The van der Waals surface area contributed by atoms with E-state index in [9.17, 15) is 4.79 Å². The summed E-state index contributed by atoms with van der Waals surface area (Å²) in [5.41, 5.74) is 4.46. The van der Waals surface area contributed by atoms with Crippen LogP contribution in [0, 0.1) is 6.92 Å². The maximum atomic E-state index is 11.5. The zero-order chi connectivity index (χ0) is 15.8. The summed E-state index contributed by atoms with van der Waals surface area (Å²) in [6.45, 7) is 10.00. The molecule has 0 saturated heterocycles. The van der Waals surface area contributed by atoms with Crippen molar-refractivity contribution in [1.82, 2.24) is 14.9 Å². The van der Waals surface area contributed by atoms with Crippen molar-refractivity contribution in [3.8, 4) is 0 Å². The highest BCUT2D eigenvalue weighted by Crippen LogP contribution is 2.31. The molecule has 0 fully saturated rings. The third kappa shape index (κ3) is 3.00. The minimum Gasteiger partial charge on any atom is -0.357 e. The van der Waals surface area contributed by atoms with Gasteiger partial charge in [0.1, 0.15) is 17.5 Å². The summed E-state index contributed by atoms with van der Waals surface area (Å²) in [6, 6.07) is 3.37. The van der Waals surface area contributed by atoms with E-state index in [1.165, 1.54) is 0 Å². The molecule has 0 radical (unpaired) electrons. The molecule has 1 unspecified atom stereocenters. The van der Waals surface area contributed by atoms with Gasteiger partial charge in [0.05, 0.1) is 5.69 Å². The van der Waals surface area contributed by atoms with E-state index in [1.54, 1.807) is 12.4 Å². The predicted octanol–water partition coefficient (Wildman–Crippen LogP) is 2.25. The molecule has 2 aromatic rings. The third-order valence-electron chi connectivity index (χ3n) is 3.33. The first kappa shape index (κ1) is 15.3. The van der Waals surface area contributed by atoms with Crippen molar-refractivity contribution < 1.29 is 10.0 Å². The van der Waals surface area contributed by atoms with Gasteiger partial charge in [0.15, 0.2) is 0 Å². The zero-order valence-electron chi connectivity index (χ0n) is 13.1. The average molecular weight is 290 g/mol. The molecule has 0 bridgehead atoms. The average Bonchev–Trinajstić information content (AvgIpc) is 2.74. The molecule has 1 amide bonds. The number of hydrogen-bond donors (Lipinski definition) is 3. The Morgan fingerprint density at radius 3 is 2.62 bits per heavy atom. The van der Waals surface area contributed by atoms with Crippen molar-refractivity contribution in [2.45, 2.75) is 46.1 Å². The van der Waals surface area contributed by atoms with Crippen LogP contribution in [0.3, 0.4) is 0 Å². The Kier molecular flexibility index (Phi) is 3.91.